The molecule has 2 rings (SSSR count). The molecule has 0 aliphatic rings. The van der Waals surface area contributed by atoms with Gasteiger partial charge in [0.1, 0.15) is 17.9 Å². The molecular formula is C16H14O5. The first-order chi connectivity index (χ1) is 10.2. The number of carboxylic acid groups (broad SMARTS) is 1. The van der Waals surface area contributed by atoms with E-state index in [-0.39, 0.29) is 24.5 Å². The molecule has 0 saturated carbocycles. The fourth-order valence-electron chi connectivity index (χ4n) is 1.69. The maximum atomic E-state index is 11.6. The molecule has 0 atom stereocenters. The van der Waals surface area contributed by atoms with Crippen molar-refractivity contribution in [1.82, 2.24) is 0 Å². The second kappa shape index (κ2) is 7.09. The molecule has 21 heavy (non-hydrogen) atoms. The standard InChI is InChI=1S/C16H14O5/c17-15(21-10-12-6-2-1-3-7-12)11-20-14-9-5-4-8-13(14)16(18)19/h1-9H,10-11H2,(H,18,19). The summed E-state index contributed by atoms with van der Waals surface area (Å²) in [4.78, 5) is 22.6. The molecule has 2 aromatic carbocycles. The third-order valence-corrected chi connectivity index (χ3v) is 2.71. The number of aromatic carboxylic acids is 1. The summed E-state index contributed by atoms with van der Waals surface area (Å²) < 4.78 is 10.2. The van der Waals surface area contributed by atoms with Crippen molar-refractivity contribution >= 4 is 11.9 Å². The summed E-state index contributed by atoms with van der Waals surface area (Å²) in [7, 11) is 0. The lowest BCUT2D eigenvalue weighted by Crippen LogP contribution is -2.16. The molecule has 0 spiro atoms. The van der Waals surface area contributed by atoms with Crippen molar-refractivity contribution in [3.05, 3.63) is 65.7 Å². The van der Waals surface area contributed by atoms with Gasteiger partial charge in [-0.1, -0.05) is 42.5 Å². The van der Waals surface area contributed by atoms with Gasteiger partial charge in [0, 0.05) is 0 Å². The number of para-hydroxylation sites is 1. The fourth-order valence-corrected chi connectivity index (χ4v) is 1.69. The Kier molecular flexibility index (Phi) is 4.93. The topological polar surface area (TPSA) is 72.8 Å². The van der Waals surface area contributed by atoms with Crippen LogP contribution >= 0.6 is 0 Å². The fraction of sp³-hybridized carbons (Fsp3) is 0.125. The monoisotopic (exact) mass is 286 g/mol. The van der Waals surface area contributed by atoms with Crippen LogP contribution in [0.3, 0.4) is 0 Å². The van der Waals surface area contributed by atoms with Crippen molar-refractivity contribution in [3.63, 3.8) is 0 Å². The Balaban J connectivity index is 1.86. The van der Waals surface area contributed by atoms with Crippen LogP contribution in [0.5, 0.6) is 5.75 Å². The van der Waals surface area contributed by atoms with Crippen LogP contribution in [0.4, 0.5) is 0 Å². The number of carboxylic acids is 1. The second-order valence-electron chi connectivity index (χ2n) is 4.24. The highest BCUT2D eigenvalue weighted by molar-refractivity contribution is 5.90. The zero-order chi connectivity index (χ0) is 15.1. The van der Waals surface area contributed by atoms with Crippen LogP contribution in [-0.2, 0) is 16.1 Å². The number of ether oxygens (including phenoxy) is 2. The van der Waals surface area contributed by atoms with Gasteiger partial charge < -0.3 is 14.6 Å². The predicted octanol–water partition coefficient (Wildman–Crippen LogP) is 2.51. The molecule has 0 aliphatic heterocycles. The van der Waals surface area contributed by atoms with E-state index in [0.29, 0.717) is 0 Å². The van der Waals surface area contributed by atoms with Crippen molar-refractivity contribution in [2.75, 3.05) is 6.61 Å². The lowest BCUT2D eigenvalue weighted by Gasteiger charge is -2.09. The molecular weight excluding hydrogens is 272 g/mol. The molecule has 1 N–H and O–H groups in total. The Morgan fingerprint density at radius 3 is 2.33 bits per heavy atom. The smallest absolute Gasteiger partial charge is 0.344 e. The Morgan fingerprint density at radius 2 is 1.62 bits per heavy atom. The summed E-state index contributed by atoms with van der Waals surface area (Å²) >= 11 is 0. The van der Waals surface area contributed by atoms with Gasteiger partial charge in [0.25, 0.3) is 0 Å². The number of carbonyl (C=O) groups excluding carboxylic acids is 1. The summed E-state index contributed by atoms with van der Waals surface area (Å²) in [5, 5.41) is 8.99. The molecule has 0 amide bonds. The average molecular weight is 286 g/mol. The first-order valence-electron chi connectivity index (χ1n) is 6.31. The van der Waals surface area contributed by atoms with E-state index in [2.05, 4.69) is 0 Å². The van der Waals surface area contributed by atoms with Crippen molar-refractivity contribution in [2.24, 2.45) is 0 Å². The van der Waals surface area contributed by atoms with Crippen molar-refractivity contribution in [2.45, 2.75) is 6.61 Å². The SMILES string of the molecule is O=C(COc1ccccc1C(=O)O)OCc1ccccc1. The third kappa shape index (κ3) is 4.35. The Morgan fingerprint density at radius 1 is 0.952 bits per heavy atom. The number of rotatable bonds is 6. The van der Waals surface area contributed by atoms with E-state index >= 15 is 0 Å². The number of esters is 1. The van der Waals surface area contributed by atoms with E-state index in [1.54, 1.807) is 12.1 Å². The van der Waals surface area contributed by atoms with Gasteiger partial charge >= 0.3 is 11.9 Å². The Bertz CT molecular complexity index is 622. The van der Waals surface area contributed by atoms with Crippen LogP contribution < -0.4 is 4.74 Å². The van der Waals surface area contributed by atoms with Gasteiger partial charge in [0.2, 0.25) is 0 Å². The highest BCUT2D eigenvalue weighted by Crippen LogP contribution is 2.17. The normalized spacial score (nSPS) is 9.90. The summed E-state index contributed by atoms with van der Waals surface area (Å²) in [5.74, 6) is -1.52. The molecule has 0 unspecified atom stereocenters. The molecule has 5 nitrogen and oxygen atoms in total. The third-order valence-electron chi connectivity index (χ3n) is 2.71. The van der Waals surface area contributed by atoms with Gasteiger partial charge in [-0.15, -0.1) is 0 Å². The predicted molar refractivity (Wildman–Crippen MR) is 75.1 cm³/mol. The lowest BCUT2D eigenvalue weighted by molar-refractivity contribution is -0.147. The number of hydrogen-bond donors (Lipinski definition) is 1. The first kappa shape index (κ1) is 14.6. The van der Waals surface area contributed by atoms with E-state index in [1.165, 1.54) is 12.1 Å². The van der Waals surface area contributed by atoms with Crippen molar-refractivity contribution < 1.29 is 24.2 Å². The van der Waals surface area contributed by atoms with Crippen LogP contribution in [0.2, 0.25) is 0 Å². The zero-order valence-corrected chi connectivity index (χ0v) is 11.2. The summed E-state index contributed by atoms with van der Waals surface area (Å²) in [5.41, 5.74) is 0.880. The highest BCUT2D eigenvalue weighted by atomic mass is 16.6. The molecule has 0 bridgehead atoms. The maximum absolute atomic E-state index is 11.6. The number of carbonyl (C=O) groups is 2. The Hall–Kier alpha value is -2.82. The minimum absolute atomic E-state index is 0.00774. The molecule has 0 saturated heterocycles. The average Bonchev–Trinajstić information content (AvgIpc) is 2.52. The van der Waals surface area contributed by atoms with E-state index in [4.69, 9.17) is 14.6 Å². The number of hydrogen-bond acceptors (Lipinski definition) is 4. The Labute approximate surface area is 121 Å². The van der Waals surface area contributed by atoms with Crippen LogP contribution in [0.25, 0.3) is 0 Å². The molecule has 0 aliphatic carbocycles. The zero-order valence-electron chi connectivity index (χ0n) is 11.2. The largest absolute Gasteiger partial charge is 0.481 e. The lowest BCUT2D eigenvalue weighted by atomic mass is 10.2. The molecule has 5 heteroatoms. The molecule has 0 radical (unpaired) electrons. The minimum Gasteiger partial charge on any atom is -0.481 e. The van der Waals surface area contributed by atoms with E-state index < -0.39 is 11.9 Å². The molecule has 0 fully saturated rings. The first-order valence-corrected chi connectivity index (χ1v) is 6.31. The van der Waals surface area contributed by atoms with Gasteiger partial charge in [-0.3, -0.25) is 0 Å². The van der Waals surface area contributed by atoms with Gasteiger partial charge in [-0.05, 0) is 17.7 Å². The van der Waals surface area contributed by atoms with Gasteiger partial charge in [-0.2, -0.15) is 0 Å². The van der Waals surface area contributed by atoms with E-state index in [0.717, 1.165) is 5.56 Å². The van der Waals surface area contributed by atoms with Gasteiger partial charge in [-0.25, -0.2) is 9.59 Å². The number of benzene rings is 2. The molecule has 2 aromatic rings. The van der Waals surface area contributed by atoms with Gasteiger partial charge in [0.15, 0.2) is 6.61 Å². The van der Waals surface area contributed by atoms with Gasteiger partial charge in [0.05, 0.1) is 0 Å². The molecule has 108 valence electrons. The van der Waals surface area contributed by atoms with Crippen LogP contribution in [0.15, 0.2) is 54.6 Å². The second-order valence-corrected chi connectivity index (χ2v) is 4.24. The van der Waals surface area contributed by atoms with E-state index in [9.17, 15) is 9.59 Å². The quantitative estimate of drug-likeness (QED) is 0.826. The molecule has 0 heterocycles. The minimum atomic E-state index is -1.11. The van der Waals surface area contributed by atoms with Crippen LogP contribution in [-0.4, -0.2) is 23.7 Å². The summed E-state index contributed by atoms with van der Waals surface area (Å²) in [6, 6.07) is 15.4. The highest BCUT2D eigenvalue weighted by Gasteiger charge is 2.12. The maximum Gasteiger partial charge on any atom is 0.344 e. The van der Waals surface area contributed by atoms with Crippen LogP contribution in [0, 0.1) is 0 Å². The molecule has 0 aromatic heterocycles. The van der Waals surface area contributed by atoms with Crippen molar-refractivity contribution in [3.8, 4) is 5.75 Å². The van der Waals surface area contributed by atoms with E-state index in [1.807, 2.05) is 30.3 Å². The summed E-state index contributed by atoms with van der Waals surface area (Å²) in [6.07, 6.45) is 0. The van der Waals surface area contributed by atoms with Crippen LogP contribution in [0.1, 0.15) is 15.9 Å². The summed E-state index contributed by atoms with van der Waals surface area (Å²) in [6.45, 7) is -0.180. The van der Waals surface area contributed by atoms with Crippen molar-refractivity contribution in [1.29, 1.82) is 0 Å².